The first-order valence-corrected chi connectivity index (χ1v) is 9.68. The SMILES string of the molecule is O=C(CSc1ccc(C(F)(F)F)cn1)N[C@H]1CCSc2c(F)cccc21. The highest BCUT2D eigenvalue weighted by molar-refractivity contribution is 8.00. The van der Waals surface area contributed by atoms with E-state index in [0.717, 1.165) is 29.6 Å². The molecule has 1 aromatic heterocycles. The third-order valence-electron chi connectivity index (χ3n) is 3.78. The van der Waals surface area contributed by atoms with Crippen molar-refractivity contribution in [3.63, 3.8) is 0 Å². The molecule has 1 amide bonds. The van der Waals surface area contributed by atoms with E-state index in [1.807, 2.05) is 0 Å². The van der Waals surface area contributed by atoms with Gasteiger partial charge in [0.15, 0.2) is 0 Å². The Kier molecular flexibility index (Phi) is 5.76. The average Bonchev–Trinajstić information content (AvgIpc) is 2.60. The molecule has 0 bridgehead atoms. The van der Waals surface area contributed by atoms with E-state index < -0.39 is 11.7 Å². The first kappa shape index (κ1) is 19.0. The molecule has 0 radical (unpaired) electrons. The Morgan fingerprint density at radius 3 is 2.81 bits per heavy atom. The van der Waals surface area contributed by atoms with Crippen molar-refractivity contribution < 1.29 is 22.4 Å². The predicted octanol–water partition coefficient (Wildman–Crippen LogP) is 4.68. The van der Waals surface area contributed by atoms with E-state index in [-0.39, 0.29) is 23.5 Å². The summed E-state index contributed by atoms with van der Waals surface area (Å²) >= 11 is 2.48. The fourth-order valence-corrected chi connectivity index (χ4v) is 4.34. The van der Waals surface area contributed by atoms with Gasteiger partial charge in [0.2, 0.25) is 5.91 Å². The summed E-state index contributed by atoms with van der Waals surface area (Å²) in [4.78, 5) is 16.4. The molecule has 0 aliphatic carbocycles. The molecule has 2 heterocycles. The van der Waals surface area contributed by atoms with Crippen LogP contribution in [0.1, 0.15) is 23.6 Å². The number of rotatable bonds is 4. The van der Waals surface area contributed by atoms with Gasteiger partial charge in [-0.05, 0) is 30.2 Å². The number of carbonyl (C=O) groups is 1. The summed E-state index contributed by atoms with van der Waals surface area (Å²) in [6.45, 7) is 0. The lowest BCUT2D eigenvalue weighted by Gasteiger charge is -2.26. The maximum absolute atomic E-state index is 13.8. The summed E-state index contributed by atoms with van der Waals surface area (Å²) in [6, 6.07) is 6.70. The summed E-state index contributed by atoms with van der Waals surface area (Å²) in [5.41, 5.74) is -0.0723. The topological polar surface area (TPSA) is 42.0 Å². The van der Waals surface area contributed by atoms with Gasteiger partial charge < -0.3 is 5.32 Å². The molecule has 0 unspecified atom stereocenters. The monoisotopic (exact) mass is 402 g/mol. The van der Waals surface area contributed by atoms with Gasteiger partial charge in [-0.3, -0.25) is 4.79 Å². The van der Waals surface area contributed by atoms with Crippen LogP contribution in [0, 0.1) is 5.82 Å². The molecular weight excluding hydrogens is 388 g/mol. The number of alkyl halides is 3. The lowest BCUT2D eigenvalue weighted by Crippen LogP contribution is -2.32. The molecule has 1 aliphatic heterocycles. The zero-order valence-electron chi connectivity index (χ0n) is 13.3. The van der Waals surface area contributed by atoms with Crippen LogP contribution in [0.5, 0.6) is 0 Å². The summed E-state index contributed by atoms with van der Waals surface area (Å²) in [5, 5.41) is 3.19. The molecule has 3 rings (SSSR count). The Labute approximate surface area is 156 Å². The van der Waals surface area contributed by atoms with Gasteiger partial charge in [0.05, 0.1) is 22.4 Å². The van der Waals surface area contributed by atoms with Gasteiger partial charge in [-0.25, -0.2) is 9.37 Å². The minimum atomic E-state index is -4.44. The van der Waals surface area contributed by atoms with E-state index in [4.69, 9.17) is 0 Å². The lowest BCUT2D eigenvalue weighted by atomic mass is 10.0. The van der Waals surface area contributed by atoms with E-state index in [1.54, 1.807) is 12.1 Å². The quantitative estimate of drug-likeness (QED) is 0.595. The Morgan fingerprint density at radius 2 is 2.12 bits per heavy atom. The molecule has 26 heavy (non-hydrogen) atoms. The molecule has 1 aliphatic rings. The highest BCUT2D eigenvalue weighted by atomic mass is 32.2. The number of amides is 1. The molecule has 3 nitrogen and oxygen atoms in total. The molecule has 1 aromatic carbocycles. The van der Waals surface area contributed by atoms with Crippen LogP contribution >= 0.6 is 23.5 Å². The fourth-order valence-electron chi connectivity index (χ4n) is 2.55. The van der Waals surface area contributed by atoms with Gasteiger partial charge in [0.1, 0.15) is 5.82 Å². The molecule has 0 spiro atoms. The number of fused-ring (bicyclic) bond motifs is 1. The van der Waals surface area contributed by atoms with Crippen molar-refractivity contribution >= 4 is 29.4 Å². The molecule has 0 saturated carbocycles. The minimum Gasteiger partial charge on any atom is -0.348 e. The highest BCUT2D eigenvalue weighted by Gasteiger charge is 2.30. The number of nitrogens with zero attached hydrogens (tertiary/aromatic N) is 1. The molecule has 2 aromatic rings. The summed E-state index contributed by atoms with van der Waals surface area (Å²) in [6.07, 6.45) is -3.00. The molecule has 9 heteroatoms. The molecule has 0 saturated heterocycles. The highest BCUT2D eigenvalue weighted by Crippen LogP contribution is 2.37. The van der Waals surface area contributed by atoms with Crippen LogP contribution in [0.15, 0.2) is 46.5 Å². The number of benzene rings is 1. The Balaban J connectivity index is 1.58. The Bertz CT molecular complexity index is 796. The summed E-state index contributed by atoms with van der Waals surface area (Å²) in [7, 11) is 0. The van der Waals surface area contributed by atoms with Crippen LogP contribution < -0.4 is 5.32 Å². The molecular formula is C17H14F4N2OS2. The zero-order chi connectivity index (χ0) is 18.7. The van der Waals surface area contributed by atoms with Crippen LogP contribution in [0.3, 0.4) is 0 Å². The number of carbonyl (C=O) groups excluding carboxylic acids is 1. The van der Waals surface area contributed by atoms with Crippen molar-refractivity contribution in [3.05, 3.63) is 53.5 Å². The molecule has 1 N–H and O–H groups in total. The molecule has 1 atom stereocenters. The van der Waals surface area contributed by atoms with Crippen LogP contribution in [-0.4, -0.2) is 22.4 Å². The van der Waals surface area contributed by atoms with Gasteiger partial charge in [-0.2, -0.15) is 13.2 Å². The van der Waals surface area contributed by atoms with Gasteiger partial charge >= 0.3 is 6.18 Å². The largest absolute Gasteiger partial charge is 0.417 e. The lowest BCUT2D eigenvalue weighted by molar-refractivity contribution is -0.137. The average molecular weight is 402 g/mol. The smallest absolute Gasteiger partial charge is 0.348 e. The number of hydrogen-bond donors (Lipinski definition) is 1. The van der Waals surface area contributed by atoms with E-state index in [2.05, 4.69) is 10.3 Å². The third kappa shape index (κ3) is 4.50. The number of halogens is 4. The molecule has 0 fully saturated rings. The number of nitrogens with one attached hydrogen (secondary N) is 1. The number of pyridine rings is 1. The van der Waals surface area contributed by atoms with Crippen molar-refractivity contribution in [2.75, 3.05) is 11.5 Å². The predicted molar refractivity (Wildman–Crippen MR) is 92.6 cm³/mol. The van der Waals surface area contributed by atoms with Crippen LogP contribution in [0.2, 0.25) is 0 Å². The Morgan fingerprint density at radius 1 is 1.31 bits per heavy atom. The second-order valence-corrected chi connectivity index (χ2v) is 7.69. The second-order valence-electron chi connectivity index (χ2n) is 5.59. The van der Waals surface area contributed by atoms with Gasteiger partial charge in [-0.1, -0.05) is 23.9 Å². The van der Waals surface area contributed by atoms with Crippen LogP contribution in [0.25, 0.3) is 0 Å². The van der Waals surface area contributed by atoms with Gasteiger partial charge in [0, 0.05) is 16.8 Å². The summed E-state index contributed by atoms with van der Waals surface area (Å²) in [5.74, 6) is 0.151. The normalized spacial score (nSPS) is 16.8. The third-order valence-corrected chi connectivity index (χ3v) is 5.88. The van der Waals surface area contributed by atoms with E-state index >= 15 is 0 Å². The standard InChI is InChI=1S/C17H14F4N2OS2/c18-12-3-1-2-11-13(6-7-25-16(11)12)23-14(24)9-26-15-5-4-10(8-22-15)17(19,20)21/h1-5,8,13H,6-7,9H2,(H,23,24)/t13-/m0/s1. The first-order valence-electron chi connectivity index (χ1n) is 7.71. The number of aromatic nitrogens is 1. The molecule has 138 valence electrons. The van der Waals surface area contributed by atoms with Crippen molar-refractivity contribution in [1.29, 1.82) is 0 Å². The van der Waals surface area contributed by atoms with Gasteiger partial charge in [0.25, 0.3) is 0 Å². The van der Waals surface area contributed by atoms with Crippen molar-refractivity contribution in [1.82, 2.24) is 10.3 Å². The van der Waals surface area contributed by atoms with Crippen molar-refractivity contribution in [2.45, 2.75) is 28.6 Å². The zero-order valence-corrected chi connectivity index (χ0v) is 15.0. The number of thioether (sulfide) groups is 2. The van der Waals surface area contributed by atoms with Crippen LogP contribution in [-0.2, 0) is 11.0 Å². The van der Waals surface area contributed by atoms with Gasteiger partial charge in [-0.15, -0.1) is 11.8 Å². The van der Waals surface area contributed by atoms with E-state index in [1.165, 1.54) is 23.9 Å². The van der Waals surface area contributed by atoms with Crippen LogP contribution in [0.4, 0.5) is 17.6 Å². The van der Waals surface area contributed by atoms with E-state index in [9.17, 15) is 22.4 Å². The first-order chi connectivity index (χ1) is 12.3. The number of hydrogen-bond acceptors (Lipinski definition) is 4. The maximum atomic E-state index is 13.8. The minimum absolute atomic E-state index is 0.0205. The van der Waals surface area contributed by atoms with Crippen molar-refractivity contribution in [2.24, 2.45) is 0 Å². The second kappa shape index (κ2) is 7.87. The van der Waals surface area contributed by atoms with E-state index in [0.29, 0.717) is 22.1 Å². The fraction of sp³-hybridized carbons (Fsp3) is 0.294. The summed E-state index contributed by atoms with van der Waals surface area (Å²) < 4.78 is 51.4. The van der Waals surface area contributed by atoms with Crippen molar-refractivity contribution in [3.8, 4) is 0 Å². The Hall–Kier alpha value is -1.74. The maximum Gasteiger partial charge on any atom is 0.417 e.